The fraction of sp³-hybridized carbons (Fsp3) is 0.200. The summed E-state index contributed by atoms with van der Waals surface area (Å²) in [6.45, 7) is 2.54. The van der Waals surface area contributed by atoms with Crippen molar-refractivity contribution in [3.8, 4) is 28.3 Å². The van der Waals surface area contributed by atoms with Crippen LogP contribution in [0.1, 0.15) is 28.4 Å². The minimum absolute atomic E-state index is 0.0909. The van der Waals surface area contributed by atoms with Crippen molar-refractivity contribution in [1.82, 2.24) is 24.8 Å². The molecule has 3 heterocycles. The molecule has 3 aromatic carbocycles. The lowest BCUT2D eigenvalue weighted by atomic mass is 10.00. The zero-order valence-corrected chi connectivity index (χ0v) is 23.2. The van der Waals surface area contributed by atoms with Crippen LogP contribution >= 0.6 is 0 Å². The number of benzene rings is 3. The number of aromatic nitrogens is 4. The second kappa shape index (κ2) is 10.4. The average molecular weight is 572 g/mol. The predicted octanol–water partition coefficient (Wildman–Crippen LogP) is 4.83. The van der Waals surface area contributed by atoms with E-state index in [4.69, 9.17) is 4.74 Å². The molecule has 208 valence electrons. The Kier molecular flexibility index (Phi) is 6.74. The van der Waals surface area contributed by atoms with E-state index in [1.165, 1.54) is 12.1 Å². The fourth-order valence-corrected chi connectivity index (χ4v) is 5.82. The predicted molar refractivity (Wildman–Crippen MR) is 152 cm³/mol. The maximum atomic E-state index is 15.1. The number of nitrogens with one attached hydrogen (secondary N) is 1. The molecule has 41 heavy (non-hydrogen) atoms. The van der Waals surface area contributed by atoms with Crippen LogP contribution in [-0.4, -0.2) is 58.6 Å². The topological polar surface area (TPSA) is 118 Å². The number of carbonyl (C=O) groups is 1. The number of nitrogens with zero attached hydrogens (tertiary/aromatic N) is 4. The Labute approximate surface area is 236 Å². The standard InChI is InChI=1S/C30H26FN5O4S/c1-3-22-23(9-11-25(26(22)31)41(2,38)39)30(37)36-14-15-40-24-10-8-20(16-21(24)17-36)18-4-6-19(7-5-18)27-34-28-29(35-27)33-13-12-32-28/h4-13,16H,3,14-15,17H2,1-2H3,(H,32,33,34,35). The Balaban J connectivity index is 1.27. The van der Waals surface area contributed by atoms with Gasteiger partial charge in [-0.15, -0.1) is 0 Å². The van der Waals surface area contributed by atoms with E-state index in [9.17, 15) is 13.2 Å². The van der Waals surface area contributed by atoms with Gasteiger partial charge in [0, 0.05) is 47.4 Å². The second-order valence-corrected chi connectivity index (χ2v) is 11.8. The van der Waals surface area contributed by atoms with Crippen molar-refractivity contribution in [2.45, 2.75) is 24.8 Å². The summed E-state index contributed by atoms with van der Waals surface area (Å²) in [7, 11) is -3.77. The highest BCUT2D eigenvalue weighted by Gasteiger charge is 2.27. The average Bonchev–Trinajstić information content (AvgIpc) is 3.29. The molecule has 1 aliphatic rings. The molecule has 1 N–H and O–H groups in total. The van der Waals surface area contributed by atoms with Crippen molar-refractivity contribution < 1.29 is 22.3 Å². The number of hydrogen-bond acceptors (Lipinski definition) is 7. The van der Waals surface area contributed by atoms with Crippen molar-refractivity contribution in [1.29, 1.82) is 0 Å². The Morgan fingerprint density at radius 3 is 2.49 bits per heavy atom. The van der Waals surface area contributed by atoms with Gasteiger partial charge in [0.05, 0.1) is 6.54 Å². The van der Waals surface area contributed by atoms with Gasteiger partial charge in [0.1, 0.15) is 28.9 Å². The van der Waals surface area contributed by atoms with Gasteiger partial charge in [-0.05, 0) is 41.8 Å². The van der Waals surface area contributed by atoms with Gasteiger partial charge >= 0.3 is 0 Å². The van der Waals surface area contributed by atoms with Gasteiger partial charge in [0.15, 0.2) is 21.1 Å². The molecule has 6 rings (SSSR count). The van der Waals surface area contributed by atoms with Crippen LogP contribution in [0.2, 0.25) is 0 Å². The second-order valence-electron chi connectivity index (χ2n) is 9.82. The number of ether oxygens (including phenoxy) is 1. The molecule has 1 amide bonds. The van der Waals surface area contributed by atoms with E-state index in [0.29, 0.717) is 29.4 Å². The highest BCUT2D eigenvalue weighted by atomic mass is 32.2. The molecule has 0 radical (unpaired) electrons. The molecule has 1 aliphatic heterocycles. The van der Waals surface area contributed by atoms with E-state index >= 15 is 4.39 Å². The van der Waals surface area contributed by atoms with E-state index in [0.717, 1.165) is 28.5 Å². The van der Waals surface area contributed by atoms with Crippen LogP contribution in [0.4, 0.5) is 4.39 Å². The number of sulfone groups is 1. The van der Waals surface area contributed by atoms with Crippen molar-refractivity contribution in [2.75, 3.05) is 19.4 Å². The summed E-state index contributed by atoms with van der Waals surface area (Å²) in [6, 6.07) is 16.3. The van der Waals surface area contributed by atoms with E-state index in [1.54, 1.807) is 24.2 Å². The van der Waals surface area contributed by atoms with E-state index < -0.39 is 20.5 Å². The van der Waals surface area contributed by atoms with Crippen LogP contribution < -0.4 is 4.74 Å². The Morgan fingerprint density at radius 2 is 1.76 bits per heavy atom. The van der Waals surface area contributed by atoms with E-state index in [-0.39, 0.29) is 36.6 Å². The number of H-pyrrole nitrogens is 1. The summed E-state index contributed by atoms with van der Waals surface area (Å²) in [5, 5.41) is 0. The van der Waals surface area contributed by atoms with Crippen molar-refractivity contribution in [3.05, 3.63) is 89.5 Å². The molecular weight excluding hydrogens is 545 g/mol. The number of imidazole rings is 1. The Bertz CT molecular complexity index is 1870. The number of amides is 1. The molecule has 5 aromatic rings. The molecule has 0 saturated heterocycles. The van der Waals surface area contributed by atoms with Crippen LogP contribution in [0.3, 0.4) is 0 Å². The van der Waals surface area contributed by atoms with Gasteiger partial charge in [0.2, 0.25) is 0 Å². The lowest BCUT2D eigenvalue weighted by molar-refractivity contribution is 0.0731. The minimum Gasteiger partial charge on any atom is -0.491 e. The summed E-state index contributed by atoms with van der Waals surface area (Å²) in [5.41, 5.74) is 5.05. The summed E-state index contributed by atoms with van der Waals surface area (Å²) < 4.78 is 45.1. The lowest BCUT2D eigenvalue weighted by Gasteiger charge is -2.22. The summed E-state index contributed by atoms with van der Waals surface area (Å²) in [5.74, 6) is 0.113. The number of hydrogen-bond donors (Lipinski definition) is 1. The molecule has 0 spiro atoms. The zero-order chi connectivity index (χ0) is 28.7. The highest BCUT2D eigenvalue weighted by molar-refractivity contribution is 7.90. The molecule has 0 fully saturated rings. The van der Waals surface area contributed by atoms with Crippen molar-refractivity contribution >= 4 is 27.0 Å². The molecule has 2 aromatic heterocycles. The van der Waals surface area contributed by atoms with Gasteiger partial charge in [-0.2, -0.15) is 0 Å². The van der Waals surface area contributed by atoms with Gasteiger partial charge in [0.25, 0.3) is 5.91 Å². The van der Waals surface area contributed by atoms with Crippen LogP contribution in [0, 0.1) is 5.82 Å². The molecule has 0 bridgehead atoms. The van der Waals surface area contributed by atoms with Gasteiger partial charge in [-0.25, -0.2) is 27.8 Å². The third kappa shape index (κ3) is 5.04. The van der Waals surface area contributed by atoms with Gasteiger partial charge < -0.3 is 14.6 Å². The number of fused-ring (bicyclic) bond motifs is 2. The molecule has 9 nitrogen and oxygen atoms in total. The number of aromatic amines is 1. The first-order valence-corrected chi connectivity index (χ1v) is 15.0. The van der Waals surface area contributed by atoms with Crippen molar-refractivity contribution in [3.63, 3.8) is 0 Å². The third-order valence-electron chi connectivity index (χ3n) is 7.14. The maximum absolute atomic E-state index is 15.1. The fourth-order valence-electron chi connectivity index (χ4n) is 5.05. The van der Waals surface area contributed by atoms with Gasteiger partial charge in [-0.1, -0.05) is 37.3 Å². The lowest BCUT2D eigenvalue weighted by Crippen LogP contribution is -2.33. The van der Waals surface area contributed by atoms with Crippen LogP contribution in [-0.2, 0) is 22.8 Å². The number of halogens is 1. The van der Waals surface area contributed by atoms with E-state index in [1.807, 2.05) is 42.5 Å². The maximum Gasteiger partial charge on any atom is 0.254 e. The quantitative estimate of drug-likeness (QED) is 0.321. The third-order valence-corrected chi connectivity index (χ3v) is 8.26. The van der Waals surface area contributed by atoms with Crippen LogP contribution in [0.25, 0.3) is 33.8 Å². The molecule has 11 heteroatoms. The van der Waals surface area contributed by atoms with Gasteiger partial charge in [-0.3, -0.25) is 4.79 Å². The van der Waals surface area contributed by atoms with Crippen molar-refractivity contribution in [2.24, 2.45) is 0 Å². The smallest absolute Gasteiger partial charge is 0.254 e. The van der Waals surface area contributed by atoms with E-state index in [2.05, 4.69) is 19.9 Å². The number of rotatable bonds is 5. The largest absolute Gasteiger partial charge is 0.491 e. The monoisotopic (exact) mass is 571 g/mol. The van der Waals surface area contributed by atoms with Crippen LogP contribution in [0.5, 0.6) is 5.75 Å². The first-order valence-electron chi connectivity index (χ1n) is 13.1. The molecule has 0 aliphatic carbocycles. The zero-order valence-electron chi connectivity index (χ0n) is 22.4. The first-order chi connectivity index (χ1) is 19.7. The minimum atomic E-state index is -3.77. The first kappa shape index (κ1) is 26.6. The summed E-state index contributed by atoms with van der Waals surface area (Å²) >= 11 is 0. The Morgan fingerprint density at radius 1 is 1.02 bits per heavy atom. The molecular formula is C30H26FN5O4S. The van der Waals surface area contributed by atoms with Crippen LogP contribution in [0.15, 0.2) is 71.9 Å². The SMILES string of the molecule is CCc1c(C(=O)N2CCOc3ccc(-c4ccc(-c5nc6nccnc6[nH]5)cc4)cc3C2)ccc(S(C)(=O)=O)c1F. The summed E-state index contributed by atoms with van der Waals surface area (Å²) in [6.07, 6.45) is 4.34. The number of carbonyl (C=O) groups excluding carboxylic acids is 1. The normalized spacial score (nSPS) is 13.5. The highest BCUT2D eigenvalue weighted by Crippen LogP contribution is 2.32. The molecule has 0 atom stereocenters. The molecule has 0 unspecified atom stereocenters. The molecule has 0 saturated carbocycles. The summed E-state index contributed by atoms with van der Waals surface area (Å²) in [4.78, 5) is 30.9. The Hall–Kier alpha value is -4.64.